The van der Waals surface area contributed by atoms with Crippen LogP contribution in [-0.2, 0) is 4.79 Å². The van der Waals surface area contributed by atoms with Crippen molar-refractivity contribution in [2.24, 2.45) is 5.73 Å². The summed E-state index contributed by atoms with van der Waals surface area (Å²) in [5, 5.41) is 3.33. The molecule has 2 aliphatic rings. The summed E-state index contributed by atoms with van der Waals surface area (Å²) in [5.74, 6) is 0.143. The summed E-state index contributed by atoms with van der Waals surface area (Å²) in [5.41, 5.74) is 5.70. The SMILES string of the molecule is C[C@H](N)C(=O)N(C1CCNCC1)C1CC1. The topological polar surface area (TPSA) is 58.4 Å². The zero-order valence-corrected chi connectivity index (χ0v) is 9.41. The lowest BCUT2D eigenvalue weighted by Gasteiger charge is -2.36. The van der Waals surface area contributed by atoms with Crippen molar-refractivity contribution in [1.82, 2.24) is 10.2 Å². The normalized spacial score (nSPS) is 24.9. The van der Waals surface area contributed by atoms with Crippen molar-refractivity contribution in [2.75, 3.05) is 13.1 Å². The zero-order valence-electron chi connectivity index (χ0n) is 9.41. The van der Waals surface area contributed by atoms with Crippen molar-refractivity contribution in [3.8, 4) is 0 Å². The first-order valence-corrected chi connectivity index (χ1v) is 5.98. The molecule has 15 heavy (non-hydrogen) atoms. The maximum atomic E-state index is 12.0. The number of carbonyl (C=O) groups excluding carboxylic acids is 1. The van der Waals surface area contributed by atoms with Crippen LogP contribution in [0.15, 0.2) is 0 Å². The first kappa shape index (κ1) is 10.9. The minimum Gasteiger partial charge on any atom is -0.335 e. The molecule has 86 valence electrons. The van der Waals surface area contributed by atoms with Crippen molar-refractivity contribution in [2.45, 2.75) is 50.7 Å². The number of carbonyl (C=O) groups is 1. The van der Waals surface area contributed by atoms with Gasteiger partial charge >= 0.3 is 0 Å². The van der Waals surface area contributed by atoms with Gasteiger partial charge < -0.3 is 16.0 Å². The van der Waals surface area contributed by atoms with E-state index < -0.39 is 0 Å². The van der Waals surface area contributed by atoms with Gasteiger partial charge in [0, 0.05) is 12.1 Å². The highest BCUT2D eigenvalue weighted by Crippen LogP contribution is 2.31. The fourth-order valence-corrected chi connectivity index (χ4v) is 2.33. The Balaban J connectivity index is 2.01. The lowest BCUT2D eigenvalue weighted by Crippen LogP contribution is -2.51. The molecule has 0 bridgehead atoms. The average molecular weight is 211 g/mol. The maximum absolute atomic E-state index is 12.0. The summed E-state index contributed by atoms with van der Waals surface area (Å²) in [6, 6.07) is 0.573. The fraction of sp³-hybridized carbons (Fsp3) is 0.909. The number of nitrogens with one attached hydrogen (secondary N) is 1. The van der Waals surface area contributed by atoms with E-state index in [9.17, 15) is 4.79 Å². The van der Waals surface area contributed by atoms with Crippen LogP contribution in [0.4, 0.5) is 0 Å². The van der Waals surface area contributed by atoms with Crippen LogP contribution in [0.2, 0.25) is 0 Å². The van der Waals surface area contributed by atoms with E-state index in [1.54, 1.807) is 6.92 Å². The molecule has 0 spiro atoms. The van der Waals surface area contributed by atoms with Crippen molar-refractivity contribution in [3.05, 3.63) is 0 Å². The molecule has 4 nitrogen and oxygen atoms in total. The van der Waals surface area contributed by atoms with Gasteiger partial charge in [0.1, 0.15) is 0 Å². The number of rotatable bonds is 3. The second-order valence-corrected chi connectivity index (χ2v) is 4.75. The summed E-state index contributed by atoms with van der Waals surface area (Å²) >= 11 is 0. The number of hydrogen-bond donors (Lipinski definition) is 2. The van der Waals surface area contributed by atoms with E-state index in [0.717, 1.165) is 25.9 Å². The van der Waals surface area contributed by atoms with Crippen LogP contribution in [0, 0.1) is 0 Å². The Kier molecular flexibility index (Phi) is 3.26. The second-order valence-electron chi connectivity index (χ2n) is 4.75. The van der Waals surface area contributed by atoms with Gasteiger partial charge in [0.2, 0.25) is 5.91 Å². The van der Waals surface area contributed by atoms with Crippen molar-refractivity contribution < 1.29 is 4.79 Å². The van der Waals surface area contributed by atoms with Crippen LogP contribution in [0.1, 0.15) is 32.6 Å². The van der Waals surface area contributed by atoms with Crippen LogP contribution in [0.25, 0.3) is 0 Å². The Hall–Kier alpha value is -0.610. The highest BCUT2D eigenvalue weighted by molar-refractivity contribution is 5.82. The summed E-state index contributed by atoms with van der Waals surface area (Å²) in [6.45, 7) is 3.85. The molecule has 0 aromatic heterocycles. The fourth-order valence-electron chi connectivity index (χ4n) is 2.33. The smallest absolute Gasteiger partial charge is 0.239 e. The Morgan fingerprint density at radius 1 is 1.27 bits per heavy atom. The van der Waals surface area contributed by atoms with E-state index in [2.05, 4.69) is 10.2 Å². The van der Waals surface area contributed by atoms with E-state index in [0.29, 0.717) is 12.1 Å². The molecular weight excluding hydrogens is 190 g/mol. The third kappa shape index (κ3) is 2.49. The molecule has 1 saturated heterocycles. The molecule has 1 atom stereocenters. The summed E-state index contributed by atoms with van der Waals surface area (Å²) < 4.78 is 0. The van der Waals surface area contributed by atoms with Crippen molar-refractivity contribution >= 4 is 5.91 Å². The summed E-state index contributed by atoms with van der Waals surface area (Å²) in [7, 11) is 0. The van der Waals surface area contributed by atoms with E-state index in [1.807, 2.05) is 0 Å². The largest absolute Gasteiger partial charge is 0.335 e. The molecule has 0 unspecified atom stereocenters. The standard InChI is InChI=1S/C11H21N3O/c1-8(12)11(15)14(9-2-3-9)10-4-6-13-7-5-10/h8-10,13H,2-7,12H2,1H3/t8-/m0/s1. The summed E-state index contributed by atoms with van der Waals surface area (Å²) in [4.78, 5) is 14.1. The summed E-state index contributed by atoms with van der Waals surface area (Å²) in [6.07, 6.45) is 4.49. The Morgan fingerprint density at radius 2 is 1.80 bits per heavy atom. The minimum atomic E-state index is -0.347. The third-order valence-corrected chi connectivity index (χ3v) is 3.29. The van der Waals surface area contributed by atoms with Crippen LogP contribution in [0.5, 0.6) is 0 Å². The van der Waals surface area contributed by atoms with Gasteiger partial charge in [-0.1, -0.05) is 0 Å². The van der Waals surface area contributed by atoms with Crippen LogP contribution >= 0.6 is 0 Å². The number of nitrogens with zero attached hydrogens (tertiary/aromatic N) is 1. The first-order chi connectivity index (χ1) is 7.20. The van der Waals surface area contributed by atoms with Gasteiger partial charge in [0.25, 0.3) is 0 Å². The van der Waals surface area contributed by atoms with Crippen LogP contribution in [0.3, 0.4) is 0 Å². The van der Waals surface area contributed by atoms with E-state index in [-0.39, 0.29) is 11.9 Å². The van der Waals surface area contributed by atoms with Gasteiger partial charge in [-0.05, 0) is 45.7 Å². The van der Waals surface area contributed by atoms with Gasteiger partial charge in [-0.2, -0.15) is 0 Å². The number of hydrogen-bond acceptors (Lipinski definition) is 3. The average Bonchev–Trinajstić information content (AvgIpc) is 3.04. The third-order valence-electron chi connectivity index (χ3n) is 3.29. The quantitative estimate of drug-likeness (QED) is 0.695. The Labute approximate surface area is 91.2 Å². The maximum Gasteiger partial charge on any atom is 0.239 e. The zero-order chi connectivity index (χ0) is 10.8. The predicted molar refractivity (Wildman–Crippen MR) is 59.4 cm³/mol. The van der Waals surface area contributed by atoms with Gasteiger partial charge in [-0.3, -0.25) is 4.79 Å². The molecule has 1 aliphatic heterocycles. The van der Waals surface area contributed by atoms with E-state index in [1.165, 1.54) is 12.8 Å². The number of piperidine rings is 1. The van der Waals surface area contributed by atoms with Crippen molar-refractivity contribution in [1.29, 1.82) is 0 Å². The van der Waals surface area contributed by atoms with Crippen LogP contribution in [-0.4, -0.2) is 42.0 Å². The van der Waals surface area contributed by atoms with Gasteiger partial charge in [0.15, 0.2) is 0 Å². The molecule has 3 N–H and O–H groups in total. The highest BCUT2D eigenvalue weighted by atomic mass is 16.2. The van der Waals surface area contributed by atoms with Gasteiger partial charge in [-0.25, -0.2) is 0 Å². The molecule has 2 rings (SSSR count). The van der Waals surface area contributed by atoms with Crippen molar-refractivity contribution in [3.63, 3.8) is 0 Å². The molecule has 0 radical (unpaired) electrons. The first-order valence-electron chi connectivity index (χ1n) is 5.98. The Morgan fingerprint density at radius 3 is 2.27 bits per heavy atom. The number of amides is 1. The molecule has 4 heteroatoms. The monoisotopic (exact) mass is 211 g/mol. The molecule has 1 heterocycles. The Bertz CT molecular complexity index is 232. The minimum absolute atomic E-state index is 0.143. The van der Waals surface area contributed by atoms with Gasteiger partial charge in [0.05, 0.1) is 6.04 Å². The van der Waals surface area contributed by atoms with E-state index in [4.69, 9.17) is 5.73 Å². The van der Waals surface area contributed by atoms with Gasteiger partial charge in [-0.15, -0.1) is 0 Å². The molecule has 0 aromatic carbocycles. The molecular formula is C11H21N3O. The molecule has 1 saturated carbocycles. The lowest BCUT2D eigenvalue weighted by atomic mass is 10.0. The van der Waals surface area contributed by atoms with Crippen LogP contribution < -0.4 is 11.1 Å². The lowest BCUT2D eigenvalue weighted by molar-refractivity contribution is -0.135. The molecule has 1 aliphatic carbocycles. The second kappa shape index (κ2) is 4.49. The predicted octanol–water partition coefficient (Wildman–Crippen LogP) is 0.0766. The number of nitrogens with two attached hydrogens (primary N) is 1. The van der Waals surface area contributed by atoms with E-state index >= 15 is 0 Å². The molecule has 1 amide bonds. The molecule has 0 aromatic rings. The highest BCUT2D eigenvalue weighted by Gasteiger charge is 2.38. The molecule has 2 fully saturated rings.